The van der Waals surface area contributed by atoms with Gasteiger partial charge in [-0.05, 0) is 0 Å². The van der Waals surface area contributed by atoms with Gasteiger partial charge in [0.25, 0.3) is 0 Å². The Morgan fingerprint density at radius 3 is 1.00 bits per heavy atom. The number of hydrogen-bond acceptors (Lipinski definition) is 0. The predicted octanol–water partition coefficient (Wildman–Crippen LogP) is -0.656. The fourth-order valence-corrected chi connectivity index (χ4v) is 0. The first kappa shape index (κ1) is 31.8. The fraction of sp³-hybridized carbons (Fsp3) is 0. The van der Waals surface area contributed by atoms with Gasteiger partial charge < -0.3 is 0 Å². The topological polar surface area (TPSA) is 0 Å². The molecule has 0 N–H and O–H groups in total. The standard InChI is InChI=1S/Co.Li.Ni.Sc.H. The maximum atomic E-state index is 0. The molecule has 0 rings (SSSR count). The zero-order valence-electron chi connectivity index (χ0n) is 1.23. The number of rotatable bonds is 0. The van der Waals surface area contributed by atoms with E-state index in [0.717, 1.165) is 0 Å². The Bertz CT molecular complexity index is 8.00. The Labute approximate surface area is 76.9 Å². The van der Waals surface area contributed by atoms with Crippen molar-refractivity contribution in [3.8, 4) is 0 Å². The van der Waals surface area contributed by atoms with Crippen molar-refractivity contribution in [2.24, 2.45) is 0 Å². The van der Waals surface area contributed by atoms with Crippen LogP contribution in [0.5, 0.6) is 0 Å². The molecule has 0 aliphatic carbocycles. The van der Waals surface area contributed by atoms with Crippen LogP contribution in [0.2, 0.25) is 0 Å². The Balaban J connectivity index is 0. The van der Waals surface area contributed by atoms with E-state index in [1.165, 1.54) is 0 Å². The van der Waals surface area contributed by atoms with Crippen molar-refractivity contribution in [1.82, 2.24) is 0 Å². The molecule has 0 amide bonds. The molecule has 0 heterocycles. The smallest absolute Gasteiger partial charge is 0 e. The van der Waals surface area contributed by atoms with E-state index in [2.05, 4.69) is 0 Å². The van der Waals surface area contributed by atoms with E-state index in [1.54, 1.807) is 0 Å². The minimum atomic E-state index is 0. The second kappa shape index (κ2) is 17.9. The summed E-state index contributed by atoms with van der Waals surface area (Å²) in [4.78, 5) is 0. The zero-order chi connectivity index (χ0) is 0. The number of hydrogen-bond donors (Lipinski definition) is 0. The van der Waals surface area contributed by atoms with E-state index < -0.39 is 0 Å². The van der Waals surface area contributed by atoms with Crippen LogP contribution in [0.3, 0.4) is 0 Å². The first-order valence-corrected chi connectivity index (χ1v) is 0. The minimum Gasteiger partial charge on any atom is 0 e. The first-order valence-electron chi connectivity index (χ1n) is 0. The van der Waals surface area contributed by atoms with E-state index in [1.807, 2.05) is 0 Å². The summed E-state index contributed by atoms with van der Waals surface area (Å²) < 4.78 is 0. The molecule has 0 aliphatic rings. The maximum Gasteiger partial charge on any atom is 0 e. The fourth-order valence-electron chi connectivity index (χ4n) is 0. The molecule has 0 aliphatic heterocycles. The average molecular weight is 171 g/mol. The van der Waals surface area contributed by atoms with Gasteiger partial charge >= 0.3 is 18.9 Å². The summed E-state index contributed by atoms with van der Waals surface area (Å²) in [6, 6.07) is 0. The summed E-state index contributed by atoms with van der Waals surface area (Å²) in [6.07, 6.45) is 0. The molecule has 2 radical (unpaired) electrons. The zero-order valence-corrected chi connectivity index (χ0v) is 5.06. The predicted molar refractivity (Wildman–Crippen MR) is 7.15 cm³/mol. The second-order valence-electron chi connectivity index (χ2n) is 0. The Kier molecular flexibility index (Phi) is 142. The van der Waals surface area contributed by atoms with Gasteiger partial charge in [0.2, 0.25) is 0 Å². The SMILES string of the molecule is [Co].[LiH].[Ni].[Sc]. The summed E-state index contributed by atoms with van der Waals surface area (Å²) in [7, 11) is 0. The first-order chi connectivity index (χ1) is 0. The molecule has 0 atom stereocenters. The van der Waals surface area contributed by atoms with Crippen molar-refractivity contribution >= 4 is 18.9 Å². The third kappa shape index (κ3) is 8.82. The molecular formula is HCoLiNiSc. The van der Waals surface area contributed by atoms with Crippen LogP contribution in [-0.2, 0) is 59.1 Å². The third-order valence-corrected chi connectivity index (χ3v) is 0. The van der Waals surface area contributed by atoms with Gasteiger partial charge in [-0.15, -0.1) is 0 Å². The summed E-state index contributed by atoms with van der Waals surface area (Å²) in [5.41, 5.74) is 0. The van der Waals surface area contributed by atoms with Gasteiger partial charge in [0.15, 0.2) is 0 Å². The van der Waals surface area contributed by atoms with Gasteiger partial charge in [0.1, 0.15) is 0 Å². The average Bonchev–Trinajstić information content (AvgIpc) is 0. The summed E-state index contributed by atoms with van der Waals surface area (Å²) in [5.74, 6) is 0. The maximum absolute atomic E-state index is 0. The van der Waals surface area contributed by atoms with Crippen molar-refractivity contribution in [2.75, 3.05) is 0 Å². The van der Waals surface area contributed by atoms with E-state index in [-0.39, 0.29) is 78.0 Å². The van der Waals surface area contributed by atoms with Gasteiger partial charge in [-0.1, -0.05) is 0 Å². The third-order valence-electron chi connectivity index (χ3n) is 0. The summed E-state index contributed by atoms with van der Waals surface area (Å²) in [6.45, 7) is 0. The molecule has 0 saturated heterocycles. The summed E-state index contributed by atoms with van der Waals surface area (Å²) >= 11 is 0. The van der Waals surface area contributed by atoms with Crippen LogP contribution in [0, 0.1) is 0 Å². The Hall–Kier alpha value is 2.47. The molecule has 0 saturated carbocycles. The minimum absolute atomic E-state index is 0. The monoisotopic (exact) mass is 170 g/mol. The molecule has 0 aromatic heterocycles. The van der Waals surface area contributed by atoms with Crippen LogP contribution in [0.25, 0.3) is 0 Å². The molecule has 0 spiro atoms. The van der Waals surface area contributed by atoms with Crippen LogP contribution in [0.15, 0.2) is 0 Å². The molecule has 0 bridgehead atoms. The molecule has 4 heavy (non-hydrogen) atoms. The van der Waals surface area contributed by atoms with Gasteiger partial charge in [-0.2, -0.15) is 0 Å². The van der Waals surface area contributed by atoms with E-state index in [0.29, 0.717) is 0 Å². The van der Waals surface area contributed by atoms with Gasteiger partial charge in [-0.25, -0.2) is 0 Å². The summed E-state index contributed by atoms with van der Waals surface area (Å²) in [5, 5.41) is 0. The molecule has 0 nitrogen and oxygen atoms in total. The largest absolute Gasteiger partial charge is 0 e. The molecule has 4 heteroatoms. The second-order valence-corrected chi connectivity index (χ2v) is 0. The van der Waals surface area contributed by atoms with Crippen LogP contribution >= 0.6 is 0 Å². The normalized spacial score (nSPS) is 0. The Morgan fingerprint density at radius 2 is 1.00 bits per heavy atom. The molecule has 0 aromatic carbocycles. The molecule has 24 valence electrons. The van der Waals surface area contributed by atoms with Crippen LogP contribution in [0.4, 0.5) is 0 Å². The van der Waals surface area contributed by atoms with Gasteiger partial charge in [0.05, 0.1) is 0 Å². The van der Waals surface area contributed by atoms with Gasteiger partial charge in [0, 0.05) is 59.1 Å². The molecule has 0 fully saturated rings. The van der Waals surface area contributed by atoms with Crippen LogP contribution < -0.4 is 0 Å². The van der Waals surface area contributed by atoms with Crippen molar-refractivity contribution in [3.05, 3.63) is 0 Å². The molecule has 0 unspecified atom stereocenters. The molecular weight excluding hydrogens is 170 g/mol. The van der Waals surface area contributed by atoms with E-state index >= 15 is 0 Å². The Morgan fingerprint density at radius 1 is 1.00 bits per heavy atom. The van der Waals surface area contributed by atoms with Crippen LogP contribution in [-0.4, -0.2) is 18.9 Å². The quantitative estimate of drug-likeness (QED) is 0.424. The van der Waals surface area contributed by atoms with Crippen molar-refractivity contribution in [1.29, 1.82) is 0 Å². The van der Waals surface area contributed by atoms with E-state index in [9.17, 15) is 0 Å². The van der Waals surface area contributed by atoms with Crippen molar-refractivity contribution in [3.63, 3.8) is 0 Å². The van der Waals surface area contributed by atoms with Crippen molar-refractivity contribution < 1.29 is 59.1 Å². The van der Waals surface area contributed by atoms with E-state index in [4.69, 9.17) is 0 Å². The van der Waals surface area contributed by atoms with Crippen LogP contribution in [0.1, 0.15) is 0 Å². The van der Waals surface area contributed by atoms with Crippen molar-refractivity contribution in [2.45, 2.75) is 0 Å². The van der Waals surface area contributed by atoms with Gasteiger partial charge in [-0.3, -0.25) is 0 Å². The molecule has 0 aromatic rings.